The minimum absolute atomic E-state index is 0.0518. The number of hydrogen-bond donors (Lipinski definition) is 1. The van der Waals surface area contributed by atoms with Crippen LogP contribution in [0.4, 0.5) is 0 Å². The molecule has 8 nitrogen and oxygen atoms in total. The average Bonchev–Trinajstić information content (AvgIpc) is 3.27. The van der Waals surface area contributed by atoms with Crippen molar-refractivity contribution in [3.05, 3.63) is 72.9 Å². The number of quaternary nitrogens is 1. The van der Waals surface area contributed by atoms with E-state index in [1.54, 1.807) is 0 Å². The number of ether oxygens (including phenoxy) is 3. The van der Waals surface area contributed by atoms with Gasteiger partial charge < -0.3 is 23.8 Å². The molecular weight excluding hydrogens is 811 g/mol. The molecule has 0 fully saturated rings. The molecule has 0 saturated heterocycles. The van der Waals surface area contributed by atoms with E-state index in [0.29, 0.717) is 19.3 Å². The highest BCUT2D eigenvalue weighted by Gasteiger charge is 2.31. The number of carboxylic acids is 1. The van der Waals surface area contributed by atoms with Gasteiger partial charge in [0.1, 0.15) is 6.61 Å². The SMILES string of the molecule is CC/C=C/C/C=C/C/C=C/C/C=C/C/C=C/C/C=C/CCCCCCC(=O)OCC(COCCC(C(=O)O)[N+](C)(C)C)OC(=O)CCCCCCCCCCCCCCCCCCCC. The molecule has 0 aliphatic heterocycles. The Morgan fingerprint density at radius 1 is 0.477 bits per heavy atom. The number of allylic oxidation sites excluding steroid dienone is 12. The third-order valence-electron chi connectivity index (χ3n) is 11.6. The second kappa shape index (κ2) is 47.3. The van der Waals surface area contributed by atoms with Gasteiger partial charge in [0.25, 0.3) is 0 Å². The van der Waals surface area contributed by atoms with Gasteiger partial charge in [-0.25, -0.2) is 4.79 Å². The fourth-order valence-electron chi connectivity index (χ4n) is 7.57. The van der Waals surface area contributed by atoms with Crippen LogP contribution < -0.4 is 0 Å². The molecule has 65 heavy (non-hydrogen) atoms. The summed E-state index contributed by atoms with van der Waals surface area (Å²) in [5.74, 6) is -1.49. The number of likely N-dealkylation sites (N-methyl/N-ethyl adjacent to an activating group) is 1. The number of rotatable bonds is 47. The minimum atomic E-state index is -0.879. The summed E-state index contributed by atoms with van der Waals surface area (Å²) >= 11 is 0. The lowest BCUT2D eigenvalue weighted by molar-refractivity contribution is -0.887. The summed E-state index contributed by atoms with van der Waals surface area (Å²) < 4.78 is 17.4. The predicted octanol–water partition coefficient (Wildman–Crippen LogP) is 15.5. The number of nitrogens with zero attached hydrogens (tertiary/aromatic N) is 1. The van der Waals surface area contributed by atoms with Crippen molar-refractivity contribution in [3.63, 3.8) is 0 Å². The lowest BCUT2D eigenvalue weighted by Crippen LogP contribution is -2.50. The molecule has 0 aliphatic carbocycles. The number of esters is 2. The molecule has 0 spiro atoms. The zero-order valence-electron chi connectivity index (χ0n) is 42.7. The lowest BCUT2D eigenvalue weighted by atomic mass is 10.0. The van der Waals surface area contributed by atoms with Crippen LogP contribution >= 0.6 is 0 Å². The van der Waals surface area contributed by atoms with E-state index >= 15 is 0 Å². The molecule has 1 N–H and O–H groups in total. The van der Waals surface area contributed by atoms with E-state index in [1.807, 2.05) is 21.1 Å². The van der Waals surface area contributed by atoms with Crippen LogP contribution in [0.1, 0.15) is 219 Å². The summed E-state index contributed by atoms with van der Waals surface area (Å²) in [6, 6.07) is -0.621. The second-order valence-corrected chi connectivity index (χ2v) is 18.8. The van der Waals surface area contributed by atoms with Gasteiger partial charge in [0.15, 0.2) is 12.1 Å². The summed E-state index contributed by atoms with van der Waals surface area (Å²) in [7, 11) is 5.53. The highest BCUT2D eigenvalue weighted by atomic mass is 16.6. The topological polar surface area (TPSA) is 99.1 Å². The normalized spacial score (nSPS) is 13.4. The predicted molar refractivity (Wildman–Crippen MR) is 275 cm³/mol. The van der Waals surface area contributed by atoms with Crippen molar-refractivity contribution in [3.8, 4) is 0 Å². The van der Waals surface area contributed by atoms with Crippen molar-refractivity contribution in [2.75, 3.05) is 41.0 Å². The van der Waals surface area contributed by atoms with Gasteiger partial charge in [0.05, 0.1) is 34.4 Å². The summed E-state index contributed by atoms with van der Waals surface area (Å²) in [6.07, 6.45) is 60.9. The van der Waals surface area contributed by atoms with E-state index in [9.17, 15) is 19.5 Å². The number of carbonyl (C=O) groups is 3. The Labute approximate surface area is 400 Å². The summed E-state index contributed by atoms with van der Waals surface area (Å²) in [5, 5.41) is 9.66. The van der Waals surface area contributed by atoms with Gasteiger partial charge in [-0.1, -0.05) is 209 Å². The van der Waals surface area contributed by atoms with Gasteiger partial charge in [0, 0.05) is 19.3 Å². The standard InChI is InChI=1S/C57H99NO7/c1-6-8-10-12-14-16-18-20-22-24-26-27-28-29-30-32-33-35-37-39-41-43-45-47-55(59)64-52-53(51-63-50-49-54(57(61)62)58(3,4)5)65-56(60)48-46-44-42-40-38-36-34-31-25-23-21-19-17-15-13-11-9-7-2/h8,10,14,16,20,22,26-27,29-30,33,35,53-54H,6-7,9,11-13,15,17-19,21,23-25,28,31-32,34,36-52H2,1-5H3/p+1/b10-8+,16-14+,22-20+,27-26+,30-29+,35-33+. The van der Waals surface area contributed by atoms with Crippen LogP contribution in [0, 0.1) is 0 Å². The minimum Gasteiger partial charge on any atom is -0.477 e. The quantitative estimate of drug-likeness (QED) is 0.0281. The van der Waals surface area contributed by atoms with E-state index in [0.717, 1.165) is 89.9 Å². The summed E-state index contributed by atoms with van der Waals surface area (Å²) in [4.78, 5) is 37.2. The van der Waals surface area contributed by atoms with Gasteiger partial charge in [-0.2, -0.15) is 0 Å². The van der Waals surface area contributed by atoms with Crippen LogP contribution in [0.25, 0.3) is 0 Å². The van der Waals surface area contributed by atoms with Crippen molar-refractivity contribution in [1.29, 1.82) is 0 Å². The van der Waals surface area contributed by atoms with Crippen molar-refractivity contribution >= 4 is 17.9 Å². The first-order chi connectivity index (χ1) is 31.6. The molecule has 8 heteroatoms. The van der Waals surface area contributed by atoms with Gasteiger partial charge in [-0.05, 0) is 64.2 Å². The zero-order chi connectivity index (χ0) is 47.7. The first kappa shape index (κ1) is 61.8. The van der Waals surface area contributed by atoms with Crippen LogP contribution in [0.15, 0.2) is 72.9 Å². The molecule has 0 bridgehead atoms. The highest BCUT2D eigenvalue weighted by Crippen LogP contribution is 2.16. The lowest BCUT2D eigenvalue weighted by Gasteiger charge is -2.31. The van der Waals surface area contributed by atoms with Crippen molar-refractivity contribution in [2.24, 2.45) is 0 Å². The van der Waals surface area contributed by atoms with Gasteiger partial charge in [0.2, 0.25) is 0 Å². The van der Waals surface area contributed by atoms with E-state index in [1.165, 1.54) is 96.3 Å². The monoisotopic (exact) mass is 911 g/mol. The fraction of sp³-hybridized carbons (Fsp3) is 0.737. The van der Waals surface area contributed by atoms with E-state index in [4.69, 9.17) is 14.2 Å². The van der Waals surface area contributed by atoms with Gasteiger partial charge in [-0.15, -0.1) is 0 Å². The molecule has 0 amide bonds. The third kappa shape index (κ3) is 45.7. The van der Waals surface area contributed by atoms with Crippen LogP contribution in [-0.2, 0) is 28.6 Å². The number of carboxylic acid groups (broad SMARTS) is 1. The van der Waals surface area contributed by atoms with Crippen molar-refractivity contribution in [1.82, 2.24) is 0 Å². The zero-order valence-corrected chi connectivity index (χ0v) is 42.7. The van der Waals surface area contributed by atoms with Crippen molar-refractivity contribution < 1.29 is 38.2 Å². The largest absolute Gasteiger partial charge is 0.477 e. The maximum atomic E-state index is 12.8. The molecule has 0 aromatic carbocycles. The Morgan fingerprint density at radius 2 is 0.862 bits per heavy atom. The Hall–Kier alpha value is -3.23. The van der Waals surface area contributed by atoms with Crippen LogP contribution in [-0.4, -0.2) is 80.6 Å². The molecule has 0 saturated carbocycles. The summed E-state index contributed by atoms with van der Waals surface area (Å²) in [6.45, 7) is 4.62. The molecule has 0 aromatic rings. The Kier molecular flexibility index (Phi) is 44.9. The van der Waals surface area contributed by atoms with Gasteiger partial charge >= 0.3 is 17.9 Å². The Balaban J connectivity index is 4.28. The third-order valence-corrected chi connectivity index (χ3v) is 11.6. The molecule has 0 aromatic heterocycles. The number of unbranched alkanes of at least 4 members (excludes halogenated alkanes) is 21. The average molecular weight is 911 g/mol. The number of hydrogen-bond acceptors (Lipinski definition) is 6. The molecule has 0 aliphatic rings. The Bertz CT molecular complexity index is 1290. The molecule has 2 unspecified atom stereocenters. The molecule has 0 rings (SSSR count). The van der Waals surface area contributed by atoms with E-state index in [2.05, 4.69) is 86.8 Å². The number of aliphatic carboxylic acids is 1. The van der Waals surface area contributed by atoms with Crippen molar-refractivity contribution in [2.45, 2.75) is 231 Å². The molecule has 0 radical (unpaired) electrons. The molecular formula is C57H100NO7+. The Morgan fingerprint density at radius 3 is 1.28 bits per heavy atom. The highest BCUT2D eigenvalue weighted by molar-refractivity contribution is 5.72. The molecule has 0 heterocycles. The smallest absolute Gasteiger partial charge is 0.362 e. The van der Waals surface area contributed by atoms with Crippen LogP contribution in [0.2, 0.25) is 0 Å². The summed E-state index contributed by atoms with van der Waals surface area (Å²) in [5.41, 5.74) is 0. The van der Waals surface area contributed by atoms with Crippen LogP contribution in [0.3, 0.4) is 0 Å². The van der Waals surface area contributed by atoms with E-state index in [-0.39, 0.29) is 36.2 Å². The maximum Gasteiger partial charge on any atom is 0.362 e. The first-order valence-electron chi connectivity index (χ1n) is 26.5. The second-order valence-electron chi connectivity index (χ2n) is 18.8. The van der Waals surface area contributed by atoms with Crippen LogP contribution in [0.5, 0.6) is 0 Å². The number of carbonyl (C=O) groups excluding carboxylic acids is 2. The van der Waals surface area contributed by atoms with Gasteiger partial charge in [-0.3, -0.25) is 9.59 Å². The molecule has 374 valence electrons. The molecule has 2 atom stereocenters. The fourth-order valence-corrected chi connectivity index (χ4v) is 7.57. The maximum absolute atomic E-state index is 12.8. The van der Waals surface area contributed by atoms with E-state index < -0.39 is 18.1 Å². The first-order valence-corrected chi connectivity index (χ1v) is 26.5.